The van der Waals surface area contributed by atoms with E-state index in [1.165, 1.54) is 0 Å². The standard InChI is InChI=1S/C21H21Cl2FN6OS/c1-29-19(7-8-26-29)32-28-21(31)25-11-18(24)16-4-2-3-13-10-27-30(20(13)16)12-14-5-6-15(22)9-17(14)23/h5-10H,2-4,11-12H2,1H3,(H2,25,28,31)/b18-16-. The van der Waals surface area contributed by atoms with Gasteiger partial charge in [-0.2, -0.15) is 10.2 Å². The molecule has 2 aromatic heterocycles. The number of nitrogens with zero attached hydrogens (tertiary/aromatic N) is 4. The zero-order chi connectivity index (χ0) is 22.7. The third-order valence-corrected chi connectivity index (χ3v) is 6.65. The molecule has 0 radical (unpaired) electrons. The van der Waals surface area contributed by atoms with Gasteiger partial charge in [-0.1, -0.05) is 29.3 Å². The molecule has 3 aromatic rings. The molecular weight excluding hydrogens is 474 g/mol. The van der Waals surface area contributed by atoms with Crippen molar-refractivity contribution in [3.8, 4) is 0 Å². The Morgan fingerprint density at radius 2 is 2.09 bits per heavy atom. The molecular formula is C21H21Cl2FN6OS. The van der Waals surface area contributed by atoms with Crippen LogP contribution < -0.4 is 10.0 Å². The number of hydrogen-bond acceptors (Lipinski definition) is 4. The summed E-state index contributed by atoms with van der Waals surface area (Å²) in [5, 5.41) is 12.9. The molecule has 4 rings (SSSR count). The smallest absolute Gasteiger partial charge is 0.325 e. The highest BCUT2D eigenvalue weighted by Gasteiger charge is 2.24. The summed E-state index contributed by atoms with van der Waals surface area (Å²) in [4.78, 5) is 12.1. The molecule has 32 heavy (non-hydrogen) atoms. The molecule has 1 aromatic carbocycles. The van der Waals surface area contributed by atoms with Crippen LogP contribution in [0, 0.1) is 0 Å². The topological polar surface area (TPSA) is 76.8 Å². The van der Waals surface area contributed by atoms with Crippen molar-refractivity contribution in [3.05, 3.63) is 69.4 Å². The summed E-state index contributed by atoms with van der Waals surface area (Å²) < 4.78 is 21.2. The van der Waals surface area contributed by atoms with E-state index in [2.05, 4.69) is 20.2 Å². The fourth-order valence-corrected chi connectivity index (χ4v) is 4.63. The number of amides is 2. The second kappa shape index (κ2) is 9.97. The number of urea groups is 1. The Hall–Kier alpha value is -2.49. The summed E-state index contributed by atoms with van der Waals surface area (Å²) in [7, 11) is 1.77. The molecule has 11 heteroatoms. The summed E-state index contributed by atoms with van der Waals surface area (Å²) in [6.07, 6.45) is 5.64. The molecule has 168 valence electrons. The normalized spacial score (nSPS) is 14.8. The van der Waals surface area contributed by atoms with Crippen LogP contribution in [-0.2, 0) is 20.0 Å². The Labute approximate surface area is 199 Å². The Balaban J connectivity index is 1.47. The molecule has 1 aliphatic rings. The van der Waals surface area contributed by atoms with Crippen molar-refractivity contribution in [2.45, 2.75) is 30.8 Å². The van der Waals surface area contributed by atoms with Gasteiger partial charge < -0.3 is 5.32 Å². The lowest BCUT2D eigenvalue weighted by molar-refractivity contribution is 0.246. The van der Waals surface area contributed by atoms with Gasteiger partial charge in [0.25, 0.3) is 0 Å². The van der Waals surface area contributed by atoms with E-state index in [-0.39, 0.29) is 12.4 Å². The summed E-state index contributed by atoms with van der Waals surface area (Å²) >= 11 is 13.4. The van der Waals surface area contributed by atoms with Crippen LogP contribution in [-0.4, -0.2) is 32.1 Å². The van der Waals surface area contributed by atoms with E-state index in [1.54, 1.807) is 47.0 Å². The molecule has 0 saturated heterocycles. The van der Waals surface area contributed by atoms with Gasteiger partial charge in [0.2, 0.25) is 0 Å². The minimum absolute atomic E-state index is 0.209. The first-order chi connectivity index (χ1) is 15.4. The van der Waals surface area contributed by atoms with E-state index in [1.807, 2.05) is 6.07 Å². The fourth-order valence-electron chi connectivity index (χ4n) is 3.59. The molecule has 7 nitrogen and oxygen atoms in total. The van der Waals surface area contributed by atoms with E-state index in [0.29, 0.717) is 28.6 Å². The predicted molar refractivity (Wildman–Crippen MR) is 124 cm³/mol. The molecule has 0 atom stereocenters. The van der Waals surface area contributed by atoms with Crippen LogP contribution in [0.1, 0.15) is 29.7 Å². The zero-order valence-electron chi connectivity index (χ0n) is 17.2. The Morgan fingerprint density at radius 1 is 1.25 bits per heavy atom. The monoisotopic (exact) mass is 494 g/mol. The number of fused-ring (bicyclic) bond motifs is 1. The number of aryl methyl sites for hydroxylation is 2. The number of rotatable bonds is 6. The van der Waals surface area contributed by atoms with Gasteiger partial charge in [0, 0.05) is 34.6 Å². The quantitative estimate of drug-likeness (QED) is 0.473. The average molecular weight is 495 g/mol. The third kappa shape index (κ3) is 5.11. The minimum Gasteiger partial charge on any atom is -0.331 e. The molecule has 0 fully saturated rings. The number of carbonyl (C=O) groups excluding carboxylic acids is 1. The predicted octanol–water partition coefficient (Wildman–Crippen LogP) is 5.00. The summed E-state index contributed by atoms with van der Waals surface area (Å²) in [6, 6.07) is 6.57. The number of hydrogen-bond donors (Lipinski definition) is 2. The largest absolute Gasteiger partial charge is 0.331 e. The maximum absolute atomic E-state index is 15.2. The molecule has 0 bridgehead atoms. The number of nitrogens with one attached hydrogen (secondary N) is 2. The Bertz CT molecular complexity index is 1180. The molecule has 0 saturated carbocycles. The number of allylic oxidation sites excluding steroid dienone is 1. The lowest BCUT2D eigenvalue weighted by Crippen LogP contribution is -2.32. The molecule has 2 heterocycles. The van der Waals surface area contributed by atoms with Gasteiger partial charge in [-0.25, -0.2) is 9.18 Å². The van der Waals surface area contributed by atoms with Crippen LogP contribution in [0.5, 0.6) is 0 Å². The van der Waals surface area contributed by atoms with Crippen molar-refractivity contribution in [1.29, 1.82) is 0 Å². The molecule has 0 unspecified atom stereocenters. The average Bonchev–Trinajstić information content (AvgIpc) is 3.38. The van der Waals surface area contributed by atoms with Gasteiger partial charge in [0.1, 0.15) is 10.9 Å². The van der Waals surface area contributed by atoms with Gasteiger partial charge in [0.15, 0.2) is 0 Å². The lowest BCUT2D eigenvalue weighted by atomic mass is 9.92. The van der Waals surface area contributed by atoms with Crippen LogP contribution in [0.25, 0.3) is 5.57 Å². The van der Waals surface area contributed by atoms with Gasteiger partial charge in [-0.15, -0.1) is 0 Å². The highest BCUT2D eigenvalue weighted by Crippen LogP contribution is 2.34. The minimum atomic E-state index is -0.482. The van der Waals surface area contributed by atoms with Crippen LogP contribution in [0.4, 0.5) is 9.18 Å². The van der Waals surface area contributed by atoms with Crippen LogP contribution >= 0.6 is 35.1 Å². The summed E-state index contributed by atoms with van der Waals surface area (Å²) in [6.45, 7) is 0.191. The maximum Gasteiger partial charge on any atom is 0.325 e. The number of aromatic nitrogens is 4. The second-order valence-electron chi connectivity index (χ2n) is 7.33. The fraction of sp³-hybridized carbons (Fsp3) is 0.286. The van der Waals surface area contributed by atoms with Crippen LogP contribution in [0.15, 0.2) is 47.5 Å². The van der Waals surface area contributed by atoms with E-state index >= 15 is 4.39 Å². The van der Waals surface area contributed by atoms with Gasteiger partial charge in [0.05, 0.1) is 31.2 Å². The van der Waals surface area contributed by atoms with E-state index in [0.717, 1.165) is 46.6 Å². The maximum atomic E-state index is 15.2. The summed E-state index contributed by atoms with van der Waals surface area (Å²) in [5.41, 5.74) is 3.15. The SMILES string of the molecule is Cn1nccc1SNC(=O)NC/C(F)=C1\CCCc2cnn(Cc3ccc(Cl)cc3Cl)c21. The van der Waals surface area contributed by atoms with E-state index in [4.69, 9.17) is 23.2 Å². The molecule has 0 spiro atoms. The highest BCUT2D eigenvalue weighted by molar-refractivity contribution is 7.97. The number of benzene rings is 1. The van der Waals surface area contributed by atoms with Crippen LogP contribution in [0.3, 0.4) is 0 Å². The van der Waals surface area contributed by atoms with Crippen molar-refractivity contribution in [2.75, 3.05) is 6.54 Å². The van der Waals surface area contributed by atoms with E-state index in [9.17, 15) is 4.79 Å². The Kier molecular flexibility index (Phi) is 7.07. The molecule has 0 aliphatic heterocycles. The van der Waals surface area contributed by atoms with Crippen molar-refractivity contribution in [2.24, 2.45) is 7.05 Å². The van der Waals surface area contributed by atoms with E-state index < -0.39 is 6.03 Å². The van der Waals surface area contributed by atoms with Crippen molar-refractivity contribution in [3.63, 3.8) is 0 Å². The number of halogens is 3. The van der Waals surface area contributed by atoms with Crippen LogP contribution in [0.2, 0.25) is 10.0 Å². The van der Waals surface area contributed by atoms with Crippen molar-refractivity contribution >= 4 is 46.8 Å². The van der Waals surface area contributed by atoms with Crippen molar-refractivity contribution < 1.29 is 9.18 Å². The molecule has 1 aliphatic carbocycles. The third-order valence-electron chi connectivity index (χ3n) is 5.17. The van der Waals surface area contributed by atoms with Gasteiger partial charge >= 0.3 is 6.03 Å². The molecule has 2 amide bonds. The first kappa shape index (κ1) is 22.7. The van der Waals surface area contributed by atoms with Gasteiger partial charge in [-0.05, 0) is 48.6 Å². The number of carbonyl (C=O) groups is 1. The first-order valence-electron chi connectivity index (χ1n) is 9.97. The molecule has 2 N–H and O–H groups in total. The lowest BCUT2D eigenvalue weighted by Gasteiger charge is -2.19. The second-order valence-corrected chi connectivity index (χ2v) is 9.00. The first-order valence-corrected chi connectivity index (χ1v) is 11.5. The van der Waals surface area contributed by atoms with Gasteiger partial charge in [-0.3, -0.25) is 14.1 Å². The highest BCUT2D eigenvalue weighted by atomic mass is 35.5. The summed E-state index contributed by atoms with van der Waals surface area (Å²) in [5.74, 6) is -0.379. The Morgan fingerprint density at radius 3 is 2.84 bits per heavy atom. The zero-order valence-corrected chi connectivity index (χ0v) is 19.6. The van der Waals surface area contributed by atoms with Crippen molar-refractivity contribution in [1.82, 2.24) is 29.6 Å².